The number of esters is 1. The third kappa shape index (κ3) is 5.94. The monoisotopic (exact) mass is 203 g/mol. The Kier molecular flexibility index (Phi) is 7.42. The number of hydrogen-bond donors (Lipinski definition) is 1. The van der Waals surface area contributed by atoms with Crippen LogP contribution in [0.3, 0.4) is 0 Å². The van der Waals surface area contributed by atoms with Crippen LogP contribution in [0, 0.1) is 0 Å². The Labute approximate surface area is 85.8 Å². The van der Waals surface area contributed by atoms with Crippen molar-refractivity contribution >= 4 is 5.97 Å². The second-order valence-corrected chi connectivity index (χ2v) is 3.40. The highest BCUT2D eigenvalue weighted by molar-refractivity contribution is 5.75. The van der Waals surface area contributed by atoms with E-state index in [1.54, 1.807) is 7.11 Å². The minimum absolute atomic E-state index is 0.0454. The topological polar surface area (TPSA) is 61.5 Å². The van der Waals surface area contributed by atoms with Gasteiger partial charge in [0.1, 0.15) is 6.04 Å². The molecule has 0 spiro atoms. The molecule has 2 atom stereocenters. The highest BCUT2D eigenvalue weighted by Gasteiger charge is 2.16. The lowest BCUT2D eigenvalue weighted by atomic mass is 10.2. The first-order chi connectivity index (χ1) is 6.61. The normalized spacial score (nSPS) is 14.9. The van der Waals surface area contributed by atoms with E-state index < -0.39 is 6.04 Å². The third-order valence-corrected chi connectivity index (χ3v) is 2.06. The first kappa shape index (κ1) is 13.4. The number of ether oxygens (including phenoxy) is 2. The molecule has 0 heterocycles. The molecule has 0 fully saturated rings. The molecule has 0 aromatic rings. The summed E-state index contributed by atoms with van der Waals surface area (Å²) < 4.78 is 9.95. The van der Waals surface area contributed by atoms with Crippen molar-refractivity contribution < 1.29 is 14.3 Å². The van der Waals surface area contributed by atoms with Crippen LogP contribution >= 0.6 is 0 Å². The number of rotatable bonds is 7. The molecule has 0 aliphatic rings. The maximum absolute atomic E-state index is 11.3. The van der Waals surface area contributed by atoms with Crippen LogP contribution in [0.5, 0.6) is 0 Å². The van der Waals surface area contributed by atoms with Crippen LogP contribution in [0.25, 0.3) is 0 Å². The highest BCUT2D eigenvalue weighted by Crippen LogP contribution is 2.02. The van der Waals surface area contributed by atoms with Gasteiger partial charge in [-0.15, -0.1) is 0 Å². The molecule has 14 heavy (non-hydrogen) atoms. The summed E-state index contributed by atoms with van der Waals surface area (Å²) in [5, 5.41) is 0. The van der Waals surface area contributed by atoms with Gasteiger partial charge in [0.25, 0.3) is 0 Å². The number of nitrogens with two attached hydrogens (primary N) is 1. The fourth-order valence-corrected chi connectivity index (χ4v) is 0.934. The van der Waals surface area contributed by atoms with E-state index in [9.17, 15) is 4.79 Å². The molecule has 2 N–H and O–H groups in total. The zero-order valence-corrected chi connectivity index (χ0v) is 9.29. The molecule has 0 aliphatic carbocycles. The zero-order chi connectivity index (χ0) is 11.0. The van der Waals surface area contributed by atoms with Crippen molar-refractivity contribution in [2.45, 2.75) is 45.3 Å². The minimum Gasteiger partial charge on any atom is -0.462 e. The molecule has 0 saturated carbocycles. The van der Waals surface area contributed by atoms with E-state index in [1.807, 2.05) is 13.8 Å². The molecule has 0 aliphatic heterocycles. The Morgan fingerprint density at radius 1 is 1.50 bits per heavy atom. The molecule has 0 radical (unpaired) electrons. The standard InChI is InChI=1S/C10H21NO3/c1-4-8(2)14-10(12)9(11)6-5-7-13-3/h8-9H,4-7,11H2,1-3H3. The fourth-order valence-electron chi connectivity index (χ4n) is 0.934. The van der Waals surface area contributed by atoms with Crippen molar-refractivity contribution in [3.05, 3.63) is 0 Å². The summed E-state index contributed by atoms with van der Waals surface area (Å²) in [6, 6.07) is -0.515. The van der Waals surface area contributed by atoms with Gasteiger partial charge in [-0.1, -0.05) is 6.92 Å². The summed E-state index contributed by atoms with van der Waals surface area (Å²) in [7, 11) is 1.63. The molecule has 0 aromatic heterocycles. The number of hydrogen-bond acceptors (Lipinski definition) is 4. The van der Waals surface area contributed by atoms with E-state index in [0.717, 1.165) is 12.8 Å². The molecule has 0 aromatic carbocycles. The first-order valence-corrected chi connectivity index (χ1v) is 5.06. The van der Waals surface area contributed by atoms with Gasteiger partial charge in [-0.3, -0.25) is 4.79 Å². The highest BCUT2D eigenvalue weighted by atomic mass is 16.5. The van der Waals surface area contributed by atoms with Gasteiger partial charge < -0.3 is 15.2 Å². The zero-order valence-electron chi connectivity index (χ0n) is 9.29. The molecule has 4 heteroatoms. The van der Waals surface area contributed by atoms with Crippen molar-refractivity contribution in [1.82, 2.24) is 0 Å². The molecule has 0 amide bonds. The van der Waals surface area contributed by atoms with Crippen molar-refractivity contribution in [3.63, 3.8) is 0 Å². The van der Waals surface area contributed by atoms with Gasteiger partial charge >= 0.3 is 5.97 Å². The average molecular weight is 203 g/mol. The van der Waals surface area contributed by atoms with Crippen molar-refractivity contribution in [3.8, 4) is 0 Å². The van der Waals surface area contributed by atoms with Crippen molar-refractivity contribution in [1.29, 1.82) is 0 Å². The van der Waals surface area contributed by atoms with Crippen LogP contribution in [0.2, 0.25) is 0 Å². The second kappa shape index (κ2) is 7.76. The molecule has 0 bridgehead atoms. The number of methoxy groups -OCH3 is 1. The molecule has 0 rings (SSSR count). The summed E-state index contributed by atoms with van der Waals surface area (Å²) >= 11 is 0. The van der Waals surface area contributed by atoms with Crippen LogP contribution < -0.4 is 5.73 Å². The predicted molar refractivity (Wildman–Crippen MR) is 54.9 cm³/mol. The lowest BCUT2D eigenvalue weighted by Gasteiger charge is -2.15. The van der Waals surface area contributed by atoms with E-state index in [-0.39, 0.29) is 12.1 Å². The van der Waals surface area contributed by atoms with E-state index in [4.69, 9.17) is 15.2 Å². The predicted octanol–water partition coefficient (Wildman–Crippen LogP) is 1.08. The van der Waals surface area contributed by atoms with Gasteiger partial charge in [-0.05, 0) is 26.2 Å². The summed E-state index contributed by atoms with van der Waals surface area (Å²) in [5.74, 6) is -0.310. The van der Waals surface area contributed by atoms with Gasteiger partial charge in [0.15, 0.2) is 0 Å². The van der Waals surface area contributed by atoms with Crippen molar-refractivity contribution in [2.75, 3.05) is 13.7 Å². The largest absolute Gasteiger partial charge is 0.462 e. The summed E-state index contributed by atoms with van der Waals surface area (Å²) in [6.07, 6.45) is 2.17. The van der Waals surface area contributed by atoms with E-state index in [0.29, 0.717) is 13.0 Å². The summed E-state index contributed by atoms with van der Waals surface area (Å²) in [5.41, 5.74) is 5.63. The van der Waals surface area contributed by atoms with Crippen LogP contribution in [0.15, 0.2) is 0 Å². The molecule has 84 valence electrons. The van der Waals surface area contributed by atoms with Crippen molar-refractivity contribution in [2.24, 2.45) is 5.73 Å². The van der Waals surface area contributed by atoms with E-state index >= 15 is 0 Å². The first-order valence-electron chi connectivity index (χ1n) is 5.06. The number of carbonyl (C=O) groups is 1. The van der Waals surface area contributed by atoms with Gasteiger partial charge in [0.05, 0.1) is 6.10 Å². The van der Waals surface area contributed by atoms with Crippen LogP contribution in [0.1, 0.15) is 33.1 Å². The van der Waals surface area contributed by atoms with Gasteiger partial charge in [-0.2, -0.15) is 0 Å². The molecule has 0 saturated heterocycles. The Morgan fingerprint density at radius 2 is 2.14 bits per heavy atom. The minimum atomic E-state index is -0.515. The quantitative estimate of drug-likeness (QED) is 0.497. The lowest BCUT2D eigenvalue weighted by molar-refractivity contribution is -0.150. The smallest absolute Gasteiger partial charge is 0.323 e. The Balaban J connectivity index is 3.64. The maximum Gasteiger partial charge on any atom is 0.323 e. The summed E-state index contributed by atoms with van der Waals surface area (Å²) in [6.45, 7) is 4.46. The SMILES string of the molecule is CCC(C)OC(=O)C(N)CCCOC. The molecule has 4 nitrogen and oxygen atoms in total. The van der Waals surface area contributed by atoms with Gasteiger partial charge in [-0.25, -0.2) is 0 Å². The Bertz CT molecular complexity index is 161. The molecular formula is C10H21NO3. The lowest BCUT2D eigenvalue weighted by Crippen LogP contribution is -2.34. The Morgan fingerprint density at radius 3 is 2.64 bits per heavy atom. The fraction of sp³-hybridized carbons (Fsp3) is 0.900. The summed E-state index contributed by atoms with van der Waals surface area (Å²) in [4.78, 5) is 11.3. The Hall–Kier alpha value is -0.610. The molecular weight excluding hydrogens is 182 g/mol. The van der Waals surface area contributed by atoms with Gasteiger partial charge in [0.2, 0.25) is 0 Å². The third-order valence-electron chi connectivity index (χ3n) is 2.06. The van der Waals surface area contributed by atoms with E-state index in [1.165, 1.54) is 0 Å². The van der Waals surface area contributed by atoms with E-state index in [2.05, 4.69) is 0 Å². The van der Waals surface area contributed by atoms with Crippen LogP contribution in [-0.4, -0.2) is 31.8 Å². The average Bonchev–Trinajstić information content (AvgIpc) is 2.17. The molecule has 2 unspecified atom stereocenters. The maximum atomic E-state index is 11.3. The van der Waals surface area contributed by atoms with Crippen LogP contribution in [0.4, 0.5) is 0 Å². The number of carbonyl (C=O) groups excluding carboxylic acids is 1. The van der Waals surface area contributed by atoms with Crippen LogP contribution in [-0.2, 0) is 14.3 Å². The second-order valence-electron chi connectivity index (χ2n) is 3.40. The van der Waals surface area contributed by atoms with Gasteiger partial charge in [0, 0.05) is 13.7 Å².